The fourth-order valence-electron chi connectivity index (χ4n) is 3.28. The fraction of sp³-hybridized carbons (Fsp3) is 0.800. The molecule has 0 spiro atoms. The van der Waals surface area contributed by atoms with E-state index >= 15 is 0 Å². The van der Waals surface area contributed by atoms with Crippen LogP contribution in [0.2, 0.25) is 0 Å². The van der Waals surface area contributed by atoms with Gasteiger partial charge in [0, 0.05) is 25.9 Å². The standard InChI is InChI=1S/C15H27N3O/c1-14(2)6-8-15(19-5,9-7-14)13(16-3)12-10-17-18(4)11-12/h10-11,13,16H,6-9H2,1-5H3. The second-order valence-electron chi connectivity index (χ2n) is 6.60. The Morgan fingerprint density at radius 3 is 2.37 bits per heavy atom. The van der Waals surface area contributed by atoms with E-state index in [1.54, 1.807) is 0 Å². The molecule has 1 heterocycles. The number of hydrogen-bond donors (Lipinski definition) is 1. The number of hydrogen-bond acceptors (Lipinski definition) is 3. The number of nitrogens with zero attached hydrogens (tertiary/aromatic N) is 2. The highest BCUT2D eigenvalue weighted by Gasteiger charge is 2.44. The van der Waals surface area contributed by atoms with Gasteiger partial charge in [0.1, 0.15) is 0 Å². The Hall–Kier alpha value is -0.870. The van der Waals surface area contributed by atoms with Gasteiger partial charge in [-0.05, 0) is 38.1 Å². The van der Waals surface area contributed by atoms with Crippen LogP contribution in [0.5, 0.6) is 0 Å². The number of nitrogens with one attached hydrogen (secondary N) is 1. The molecule has 1 atom stereocenters. The molecule has 1 aliphatic rings. The molecule has 4 heteroatoms. The summed E-state index contributed by atoms with van der Waals surface area (Å²) >= 11 is 0. The van der Waals surface area contributed by atoms with Gasteiger partial charge in [-0.25, -0.2) is 0 Å². The molecule has 0 radical (unpaired) electrons. The SMILES string of the molecule is CNC(c1cnn(C)c1)C1(OC)CCC(C)(C)CC1. The van der Waals surface area contributed by atoms with Crippen molar-refractivity contribution in [3.8, 4) is 0 Å². The van der Waals surface area contributed by atoms with Crippen LogP contribution in [0.4, 0.5) is 0 Å². The Bertz CT molecular complexity index is 415. The molecule has 2 rings (SSSR count). The molecule has 0 aromatic carbocycles. The molecule has 1 aromatic rings. The summed E-state index contributed by atoms with van der Waals surface area (Å²) in [6, 6.07) is 0.210. The molecule has 19 heavy (non-hydrogen) atoms. The monoisotopic (exact) mass is 265 g/mol. The summed E-state index contributed by atoms with van der Waals surface area (Å²) in [6.45, 7) is 4.70. The van der Waals surface area contributed by atoms with Gasteiger partial charge in [0.15, 0.2) is 0 Å². The van der Waals surface area contributed by atoms with Crippen molar-refractivity contribution in [2.45, 2.75) is 51.2 Å². The maximum Gasteiger partial charge on any atom is 0.0874 e. The van der Waals surface area contributed by atoms with Crippen molar-refractivity contribution in [3.05, 3.63) is 18.0 Å². The second-order valence-corrected chi connectivity index (χ2v) is 6.60. The van der Waals surface area contributed by atoms with Gasteiger partial charge in [-0.1, -0.05) is 13.8 Å². The van der Waals surface area contributed by atoms with Crippen LogP contribution in [-0.2, 0) is 11.8 Å². The summed E-state index contributed by atoms with van der Waals surface area (Å²) in [5.41, 5.74) is 1.55. The van der Waals surface area contributed by atoms with Gasteiger partial charge in [0.05, 0.1) is 17.8 Å². The highest BCUT2D eigenvalue weighted by atomic mass is 16.5. The minimum Gasteiger partial charge on any atom is -0.376 e. The first kappa shape index (κ1) is 14.5. The van der Waals surface area contributed by atoms with Gasteiger partial charge in [0.25, 0.3) is 0 Å². The first-order valence-electron chi connectivity index (χ1n) is 7.13. The molecule has 1 N–H and O–H groups in total. The molecule has 1 aromatic heterocycles. The number of methoxy groups -OCH3 is 1. The largest absolute Gasteiger partial charge is 0.376 e. The molecule has 1 fully saturated rings. The van der Waals surface area contributed by atoms with E-state index in [1.165, 1.54) is 18.4 Å². The fourth-order valence-corrected chi connectivity index (χ4v) is 3.28. The van der Waals surface area contributed by atoms with Gasteiger partial charge >= 0.3 is 0 Å². The molecule has 0 amide bonds. The second kappa shape index (κ2) is 5.25. The van der Waals surface area contributed by atoms with Crippen LogP contribution >= 0.6 is 0 Å². The summed E-state index contributed by atoms with van der Waals surface area (Å²) in [4.78, 5) is 0. The van der Waals surface area contributed by atoms with E-state index in [-0.39, 0.29) is 11.6 Å². The first-order chi connectivity index (χ1) is 8.92. The van der Waals surface area contributed by atoms with Crippen molar-refractivity contribution in [2.24, 2.45) is 12.5 Å². The van der Waals surface area contributed by atoms with Crippen LogP contribution in [0, 0.1) is 5.41 Å². The van der Waals surface area contributed by atoms with Crippen molar-refractivity contribution in [1.29, 1.82) is 0 Å². The minimum atomic E-state index is -0.104. The van der Waals surface area contributed by atoms with Gasteiger partial charge in [-0.3, -0.25) is 4.68 Å². The van der Waals surface area contributed by atoms with Crippen molar-refractivity contribution < 1.29 is 4.74 Å². The lowest BCUT2D eigenvalue weighted by Gasteiger charge is -2.46. The van der Waals surface area contributed by atoms with Crippen LogP contribution < -0.4 is 5.32 Å². The van der Waals surface area contributed by atoms with E-state index in [1.807, 2.05) is 32.1 Å². The highest BCUT2D eigenvalue weighted by molar-refractivity contribution is 5.17. The number of ether oxygens (including phenoxy) is 1. The third-order valence-corrected chi connectivity index (χ3v) is 4.73. The summed E-state index contributed by atoms with van der Waals surface area (Å²) < 4.78 is 7.85. The number of likely N-dealkylation sites (N-methyl/N-ethyl adjacent to an activating group) is 1. The third kappa shape index (κ3) is 2.84. The van der Waals surface area contributed by atoms with Crippen LogP contribution in [-0.4, -0.2) is 29.5 Å². The smallest absolute Gasteiger partial charge is 0.0874 e. The first-order valence-corrected chi connectivity index (χ1v) is 7.13. The van der Waals surface area contributed by atoms with Crippen molar-refractivity contribution >= 4 is 0 Å². The Labute approximate surface area is 116 Å². The molecular weight excluding hydrogens is 238 g/mol. The molecule has 108 valence electrons. The summed E-state index contributed by atoms with van der Waals surface area (Å²) in [5.74, 6) is 0. The molecule has 0 aliphatic heterocycles. The van der Waals surface area contributed by atoms with Gasteiger partial charge < -0.3 is 10.1 Å². The van der Waals surface area contributed by atoms with E-state index in [4.69, 9.17) is 4.74 Å². The predicted molar refractivity (Wildman–Crippen MR) is 77.0 cm³/mol. The molecule has 1 aliphatic carbocycles. The van der Waals surface area contributed by atoms with Crippen molar-refractivity contribution in [2.75, 3.05) is 14.2 Å². The highest BCUT2D eigenvalue weighted by Crippen LogP contribution is 2.47. The average Bonchev–Trinajstić information content (AvgIpc) is 2.79. The lowest BCUT2D eigenvalue weighted by atomic mass is 9.67. The molecule has 1 unspecified atom stereocenters. The lowest BCUT2D eigenvalue weighted by molar-refractivity contribution is -0.0862. The molecular formula is C15H27N3O. The quantitative estimate of drug-likeness (QED) is 0.909. The van der Waals surface area contributed by atoms with Crippen LogP contribution in [0.1, 0.15) is 51.1 Å². The Balaban J connectivity index is 2.24. The van der Waals surface area contributed by atoms with Gasteiger partial charge in [-0.2, -0.15) is 5.10 Å². The maximum atomic E-state index is 5.99. The Kier molecular flexibility index (Phi) is 4.02. The molecule has 0 saturated heterocycles. The summed E-state index contributed by atoms with van der Waals surface area (Å²) in [5, 5.41) is 7.74. The topological polar surface area (TPSA) is 39.1 Å². The lowest BCUT2D eigenvalue weighted by Crippen LogP contribution is -2.48. The number of rotatable bonds is 4. The molecule has 0 bridgehead atoms. The Morgan fingerprint density at radius 1 is 1.32 bits per heavy atom. The number of aromatic nitrogens is 2. The van der Waals surface area contributed by atoms with E-state index in [0.29, 0.717) is 5.41 Å². The van der Waals surface area contributed by atoms with Gasteiger partial charge in [0.2, 0.25) is 0 Å². The zero-order chi connectivity index (χ0) is 14.1. The van der Waals surface area contributed by atoms with E-state index < -0.39 is 0 Å². The maximum absolute atomic E-state index is 5.99. The van der Waals surface area contributed by atoms with Crippen LogP contribution in [0.15, 0.2) is 12.4 Å². The van der Waals surface area contributed by atoms with Crippen LogP contribution in [0.25, 0.3) is 0 Å². The van der Waals surface area contributed by atoms with Crippen molar-refractivity contribution in [1.82, 2.24) is 15.1 Å². The van der Waals surface area contributed by atoms with Crippen LogP contribution in [0.3, 0.4) is 0 Å². The van der Waals surface area contributed by atoms with E-state index in [2.05, 4.69) is 30.5 Å². The molecule has 4 nitrogen and oxygen atoms in total. The summed E-state index contributed by atoms with van der Waals surface area (Å²) in [7, 11) is 5.82. The summed E-state index contributed by atoms with van der Waals surface area (Å²) in [6.07, 6.45) is 8.63. The Morgan fingerprint density at radius 2 is 1.95 bits per heavy atom. The average molecular weight is 265 g/mol. The van der Waals surface area contributed by atoms with Crippen molar-refractivity contribution in [3.63, 3.8) is 0 Å². The number of aryl methyl sites for hydroxylation is 1. The van der Waals surface area contributed by atoms with E-state index in [9.17, 15) is 0 Å². The van der Waals surface area contributed by atoms with Gasteiger partial charge in [-0.15, -0.1) is 0 Å². The molecule has 1 saturated carbocycles. The minimum absolute atomic E-state index is 0.104. The van der Waals surface area contributed by atoms with E-state index in [0.717, 1.165) is 12.8 Å². The third-order valence-electron chi connectivity index (χ3n) is 4.73. The normalized spacial score (nSPS) is 23.2. The predicted octanol–water partition coefficient (Wildman–Crippen LogP) is 2.67. The zero-order valence-corrected chi connectivity index (χ0v) is 12.9. The zero-order valence-electron chi connectivity index (χ0n) is 12.9.